The van der Waals surface area contributed by atoms with Crippen molar-refractivity contribution < 1.29 is 9.59 Å². The predicted octanol–water partition coefficient (Wildman–Crippen LogP) is 2.45. The molecule has 0 saturated carbocycles. The van der Waals surface area contributed by atoms with Crippen LogP contribution in [0.15, 0.2) is 42.5 Å². The summed E-state index contributed by atoms with van der Waals surface area (Å²) in [5.74, 6) is 4.22. The second kappa shape index (κ2) is 4.67. The van der Waals surface area contributed by atoms with E-state index in [4.69, 9.17) is 12.8 Å². The number of benzene rings is 2. The Kier molecular flexibility index (Phi) is 2.83. The van der Waals surface area contributed by atoms with Crippen molar-refractivity contribution in [1.82, 2.24) is 0 Å². The molecule has 0 unspecified atom stereocenters. The molecule has 0 fully saturated rings. The van der Waals surface area contributed by atoms with Crippen LogP contribution in [0, 0.1) is 24.7 Å². The number of terminal acetylenes is 2. The highest BCUT2D eigenvalue weighted by Crippen LogP contribution is 2.29. The van der Waals surface area contributed by atoms with Crippen molar-refractivity contribution >= 4 is 17.5 Å². The summed E-state index contributed by atoms with van der Waals surface area (Å²) in [5, 5.41) is 0. The van der Waals surface area contributed by atoms with Crippen LogP contribution in [-0.2, 0) is 0 Å². The molecule has 0 saturated heterocycles. The summed E-state index contributed by atoms with van der Waals surface area (Å²) in [6, 6.07) is 11.5. The molecule has 1 aliphatic heterocycles. The van der Waals surface area contributed by atoms with E-state index in [-0.39, 0.29) is 11.8 Å². The summed E-state index contributed by atoms with van der Waals surface area (Å²) in [6.07, 6.45) is 10.6. The first-order valence-corrected chi connectivity index (χ1v) is 6.22. The highest BCUT2D eigenvalue weighted by Gasteiger charge is 2.36. The van der Waals surface area contributed by atoms with Gasteiger partial charge in [0.05, 0.1) is 16.8 Å². The van der Waals surface area contributed by atoms with Crippen molar-refractivity contribution in [2.24, 2.45) is 0 Å². The molecule has 98 valence electrons. The normalized spacial score (nSPS) is 12.8. The number of carbonyl (C=O) groups is 2. The molecule has 2 aromatic rings. The zero-order chi connectivity index (χ0) is 15.0. The molecule has 0 aliphatic carbocycles. The molecule has 3 rings (SSSR count). The van der Waals surface area contributed by atoms with Crippen molar-refractivity contribution in [2.75, 3.05) is 4.90 Å². The molecule has 3 heteroatoms. The maximum absolute atomic E-state index is 12.4. The van der Waals surface area contributed by atoms with Gasteiger partial charge in [-0.2, -0.15) is 0 Å². The molecule has 0 N–H and O–H groups in total. The molecule has 1 aliphatic rings. The lowest BCUT2D eigenvalue weighted by molar-refractivity contribution is 0.0926. The Balaban J connectivity index is 2.07. The molecule has 21 heavy (non-hydrogen) atoms. The molecular weight excluding hydrogens is 262 g/mol. The van der Waals surface area contributed by atoms with Gasteiger partial charge in [-0.15, -0.1) is 12.8 Å². The van der Waals surface area contributed by atoms with Crippen LogP contribution < -0.4 is 4.90 Å². The molecule has 0 bridgehead atoms. The van der Waals surface area contributed by atoms with Gasteiger partial charge < -0.3 is 0 Å². The number of hydrogen-bond donors (Lipinski definition) is 0. The maximum Gasteiger partial charge on any atom is 0.266 e. The monoisotopic (exact) mass is 271 g/mol. The zero-order valence-corrected chi connectivity index (χ0v) is 11.0. The van der Waals surface area contributed by atoms with E-state index in [0.29, 0.717) is 27.9 Å². The first-order chi connectivity index (χ1) is 10.2. The minimum atomic E-state index is -0.374. The summed E-state index contributed by atoms with van der Waals surface area (Å²) in [5.41, 5.74) is 2.43. The van der Waals surface area contributed by atoms with Gasteiger partial charge in [0.2, 0.25) is 0 Å². The van der Waals surface area contributed by atoms with E-state index >= 15 is 0 Å². The highest BCUT2D eigenvalue weighted by molar-refractivity contribution is 6.34. The Bertz CT molecular complexity index is 848. The Morgan fingerprint density at radius 2 is 1.33 bits per heavy atom. The van der Waals surface area contributed by atoms with Crippen molar-refractivity contribution in [2.45, 2.75) is 0 Å². The van der Waals surface area contributed by atoms with Crippen LogP contribution in [-0.4, -0.2) is 11.8 Å². The molecule has 0 atom stereocenters. The van der Waals surface area contributed by atoms with Gasteiger partial charge in [-0.1, -0.05) is 11.8 Å². The van der Waals surface area contributed by atoms with E-state index in [1.807, 2.05) is 0 Å². The quantitative estimate of drug-likeness (QED) is 0.590. The number of fused-ring (bicyclic) bond motifs is 1. The van der Waals surface area contributed by atoms with E-state index < -0.39 is 0 Å². The average Bonchev–Trinajstić information content (AvgIpc) is 2.78. The van der Waals surface area contributed by atoms with Gasteiger partial charge in [0.25, 0.3) is 11.8 Å². The lowest BCUT2D eigenvalue weighted by atomic mass is 10.1. The van der Waals surface area contributed by atoms with E-state index in [1.165, 1.54) is 0 Å². The summed E-state index contributed by atoms with van der Waals surface area (Å²) in [4.78, 5) is 25.9. The van der Waals surface area contributed by atoms with E-state index in [9.17, 15) is 9.59 Å². The van der Waals surface area contributed by atoms with Crippen LogP contribution in [0.25, 0.3) is 0 Å². The summed E-state index contributed by atoms with van der Waals surface area (Å²) < 4.78 is 0. The van der Waals surface area contributed by atoms with Gasteiger partial charge in [-0.05, 0) is 42.5 Å². The van der Waals surface area contributed by atoms with E-state index in [0.717, 1.165) is 4.90 Å². The molecule has 2 amide bonds. The fourth-order valence-electron chi connectivity index (χ4n) is 2.27. The Labute approximate surface area is 122 Å². The zero-order valence-electron chi connectivity index (χ0n) is 11.0. The van der Waals surface area contributed by atoms with Gasteiger partial charge >= 0.3 is 0 Å². The SMILES string of the molecule is C#Cc1ccc(N2C(=O)c3ccc(C#C)cc3C2=O)cc1. The Hall–Kier alpha value is -3.30. The second-order valence-corrected chi connectivity index (χ2v) is 4.54. The number of amides is 2. The molecule has 0 radical (unpaired) electrons. The van der Waals surface area contributed by atoms with E-state index in [2.05, 4.69) is 11.8 Å². The van der Waals surface area contributed by atoms with Crippen molar-refractivity contribution in [3.05, 3.63) is 64.7 Å². The summed E-state index contributed by atoms with van der Waals surface area (Å²) in [7, 11) is 0. The predicted molar refractivity (Wildman–Crippen MR) is 79.9 cm³/mol. The van der Waals surface area contributed by atoms with Crippen molar-refractivity contribution in [1.29, 1.82) is 0 Å². The molecule has 1 heterocycles. The standard InChI is InChI=1S/C18H9NO2/c1-3-12-5-8-14(9-6-12)19-17(20)15-10-7-13(4-2)11-16(15)18(19)21/h1-2,5-11H. The van der Waals surface area contributed by atoms with Crippen molar-refractivity contribution in [3.8, 4) is 24.7 Å². The number of hydrogen-bond acceptors (Lipinski definition) is 2. The van der Waals surface area contributed by atoms with Gasteiger partial charge in [0.1, 0.15) is 0 Å². The van der Waals surface area contributed by atoms with Crippen LogP contribution in [0.5, 0.6) is 0 Å². The largest absolute Gasteiger partial charge is 0.268 e. The van der Waals surface area contributed by atoms with Gasteiger partial charge in [-0.3, -0.25) is 9.59 Å². The molecule has 0 aromatic heterocycles. The average molecular weight is 271 g/mol. The minimum Gasteiger partial charge on any atom is -0.268 e. The summed E-state index contributed by atoms with van der Waals surface area (Å²) >= 11 is 0. The minimum absolute atomic E-state index is 0.330. The van der Waals surface area contributed by atoms with Crippen LogP contribution in [0.3, 0.4) is 0 Å². The van der Waals surface area contributed by atoms with Gasteiger partial charge in [-0.25, -0.2) is 4.90 Å². The number of imide groups is 1. The third-order valence-corrected chi connectivity index (χ3v) is 3.35. The lowest BCUT2D eigenvalue weighted by Gasteiger charge is -2.13. The number of carbonyl (C=O) groups excluding carboxylic acids is 2. The van der Waals surface area contributed by atoms with Crippen molar-refractivity contribution in [3.63, 3.8) is 0 Å². The third kappa shape index (κ3) is 1.89. The Morgan fingerprint density at radius 1 is 0.762 bits per heavy atom. The van der Waals surface area contributed by atoms with Crippen LogP contribution in [0.4, 0.5) is 5.69 Å². The van der Waals surface area contributed by atoms with Gasteiger partial charge in [0, 0.05) is 11.1 Å². The molecule has 0 spiro atoms. The third-order valence-electron chi connectivity index (χ3n) is 3.35. The first kappa shape index (κ1) is 12.7. The fraction of sp³-hybridized carbons (Fsp3) is 0. The van der Waals surface area contributed by atoms with E-state index in [1.54, 1.807) is 42.5 Å². The van der Waals surface area contributed by atoms with Gasteiger partial charge in [0.15, 0.2) is 0 Å². The van der Waals surface area contributed by atoms with Crippen LogP contribution in [0.1, 0.15) is 31.8 Å². The second-order valence-electron chi connectivity index (χ2n) is 4.54. The maximum atomic E-state index is 12.4. The van der Waals surface area contributed by atoms with Crippen LogP contribution >= 0.6 is 0 Å². The number of rotatable bonds is 1. The Morgan fingerprint density at radius 3 is 1.95 bits per heavy atom. The number of nitrogens with zero attached hydrogens (tertiary/aromatic N) is 1. The van der Waals surface area contributed by atoms with Crippen LogP contribution in [0.2, 0.25) is 0 Å². The highest BCUT2D eigenvalue weighted by atomic mass is 16.2. The first-order valence-electron chi connectivity index (χ1n) is 6.22. The smallest absolute Gasteiger partial charge is 0.266 e. The summed E-state index contributed by atoms with van der Waals surface area (Å²) in [6.45, 7) is 0. The lowest BCUT2D eigenvalue weighted by Crippen LogP contribution is -2.29. The topological polar surface area (TPSA) is 37.4 Å². The fourth-order valence-corrected chi connectivity index (χ4v) is 2.27. The molecule has 3 nitrogen and oxygen atoms in total. The number of anilines is 1. The molecular formula is C18H9NO2. The molecule has 2 aromatic carbocycles.